The van der Waals surface area contributed by atoms with Crippen LogP contribution in [0.1, 0.15) is 71.1 Å². The Labute approximate surface area is 134 Å². The largest absolute Gasteiger partial charge is 0.396 e. The predicted octanol–water partition coefficient (Wildman–Crippen LogP) is 1.97. The highest BCUT2D eigenvalue weighted by Crippen LogP contribution is 2.31. The minimum Gasteiger partial charge on any atom is -0.396 e. The maximum atomic E-state index is 11.5. The first-order valence-electron chi connectivity index (χ1n) is 8.71. The minimum atomic E-state index is -1.41. The third-order valence-electron chi connectivity index (χ3n) is 4.71. The summed E-state index contributed by atoms with van der Waals surface area (Å²) in [6.07, 6.45) is 11.3. The zero-order chi connectivity index (χ0) is 16.8. The summed E-state index contributed by atoms with van der Waals surface area (Å²) in [6, 6.07) is 0. The smallest absolute Gasteiger partial charge is 0.228 e. The molecule has 0 bridgehead atoms. The van der Waals surface area contributed by atoms with E-state index in [1.165, 1.54) is 38.5 Å². The number of aliphatic hydroxyl groups excluding tert-OH is 3. The SMILES string of the molecule is CCCCCCCCCCCC(CO)C(CO)(CO)C(N)=O. The number of hydrogen-bond acceptors (Lipinski definition) is 4. The number of primary amides is 1. The lowest BCUT2D eigenvalue weighted by atomic mass is 9.73. The van der Waals surface area contributed by atoms with Crippen LogP contribution in [0.3, 0.4) is 0 Å². The molecule has 0 aliphatic heterocycles. The highest BCUT2D eigenvalue weighted by Gasteiger charge is 2.42. The van der Waals surface area contributed by atoms with Gasteiger partial charge in [0.25, 0.3) is 0 Å². The van der Waals surface area contributed by atoms with E-state index in [0.717, 1.165) is 19.3 Å². The molecule has 0 rings (SSSR count). The second kappa shape index (κ2) is 12.9. The lowest BCUT2D eigenvalue weighted by Gasteiger charge is -2.34. The second-order valence-corrected chi connectivity index (χ2v) is 6.33. The molecule has 0 aromatic carbocycles. The molecule has 5 nitrogen and oxygen atoms in total. The van der Waals surface area contributed by atoms with Crippen LogP contribution in [0.4, 0.5) is 0 Å². The summed E-state index contributed by atoms with van der Waals surface area (Å²) < 4.78 is 0. The van der Waals surface area contributed by atoms with Gasteiger partial charge in [0.2, 0.25) is 5.91 Å². The standard InChI is InChI=1S/C17H35NO4/c1-2-3-4-5-6-7-8-9-10-11-15(12-19)17(13-20,14-21)16(18)22/h15,19-21H,2-14H2,1H3,(H2,18,22). The van der Waals surface area contributed by atoms with Crippen molar-refractivity contribution in [2.75, 3.05) is 19.8 Å². The van der Waals surface area contributed by atoms with Gasteiger partial charge in [0.1, 0.15) is 0 Å². The number of aliphatic hydroxyl groups is 3. The molecule has 0 aromatic heterocycles. The van der Waals surface area contributed by atoms with Gasteiger partial charge in [-0.3, -0.25) is 4.79 Å². The Morgan fingerprint density at radius 3 is 1.73 bits per heavy atom. The number of amides is 1. The molecule has 1 unspecified atom stereocenters. The minimum absolute atomic E-state index is 0.249. The fraction of sp³-hybridized carbons (Fsp3) is 0.941. The van der Waals surface area contributed by atoms with Gasteiger partial charge in [-0.05, 0) is 6.42 Å². The Bertz CT molecular complexity index is 280. The molecule has 132 valence electrons. The van der Waals surface area contributed by atoms with Crippen molar-refractivity contribution < 1.29 is 20.1 Å². The highest BCUT2D eigenvalue weighted by atomic mass is 16.3. The maximum Gasteiger partial charge on any atom is 0.228 e. The zero-order valence-corrected chi connectivity index (χ0v) is 14.1. The molecule has 1 atom stereocenters. The fourth-order valence-corrected chi connectivity index (χ4v) is 2.91. The van der Waals surface area contributed by atoms with E-state index in [-0.39, 0.29) is 6.61 Å². The first kappa shape index (κ1) is 21.4. The molecule has 0 spiro atoms. The van der Waals surface area contributed by atoms with Crippen LogP contribution < -0.4 is 5.73 Å². The van der Waals surface area contributed by atoms with Crippen molar-refractivity contribution in [1.29, 1.82) is 0 Å². The quantitative estimate of drug-likeness (QED) is 0.347. The molecular formula is C17H35NO4. The van der Waals surface area contributed by atoms with Gasteiger partial charge in [-0.1, -0.05) is 64.7 Å². The van der Waals surface area contributed by atoms with Crippen LogP contribution in [-0.4, -0.2) is 41.0 Å². The van der Waals surface area contributed by atoms with Crippen molar-refractivity contribution in [3.63, 3.8) is 0 Å². The first-order valence-corrected chi connectivity index (χ1v) is 8.71. The zero-order valence-electron chi connectivity index (χ0n) is 14.1. The molecule has 1 amide bonds. The van der Waals surface area contributed by atoms with Crippen molar-refractivity contribution in [3.05, 3.63) is 0 Å². The van der Waals surface area contributed by atoms with E-state index in [4.69, 9.17) is 5.73 Å². The summed E-state index contributed by atoms with van der Waals surface area (Å²) in [5.41, 5.74) is 3.90. The molecule has 0 aliphatic rings. The van der Waals surface area contributed by atoms with Crippen LogP contribution in [0.25, 0.3) is 0 Å². The van der Waals surface area contributed by atoms with Gasteiger partial charge in [0.15, 0.2) is 0 Å². The summed E-state index contributed by atoms with van der Waals surface area (Å²) in [7, 11) is 0. The molecule has 5 N–H and O–H groups in total. The Morgan fingerprint density at radius 2 is 1.36 bits per heavy atom. The maximum absolute atomic E-state index is 11.5. The van der Waals surface area contributed by atoms with Crippen LogP contribution in [0.2, 0.25) is 0 Å². The molecule has 0 saturated heterocycles. The first-order chi connectivity index (χ1) is 10.6. The average molecular weight is 317 g/mol. The molecule has 0 fully saturated rings. The third-order valence-corrected chi connectivity index (χ3v) is 4.71. The lowest BCUT2D eigenvalue weighted by molar-refractivity contribution is -0.140. The van der Waals surface area contributed by atoms with Gasteiger partial charge >= 0.3 is 0 Å². The number of hydrogen-bond donors (Lipinski definition) is 4. The van der Waals surface area contributed by atoms with E-state index in [9.17, 15) is 20.1 Å². The number of unbranched alkanes of at least 4 members (excludes halogenated alkanes) is 8. The van der Waals surface area contributed by atoms with Crippen LogP contribution in [0.15, 0.2) is 0 Å². The molecule has 0 aliphatic carbocycles. The van der Waals surface area contributed by atoms with Gasteiger partial charge < -0.3 is 21.1 Å². The van der Waals surface area contributed by atoms with Gasteiger partial charge in [-0.25, -0.2) is 0 Å². The van der Waals surface area contributed by atoms with E-state index in [1.807, 2.05) is 0 Å². The highest BCUT2D eigenvalue weighted by molar-refractivity contribution is 5.81. The Balaban J connectivity index is 3.97. The van der Waals surface area contributed by atoms with Crippen molar-refractivity contribution in [2.24, 2.45) is 17.1 Å². The summed E-state index contributed by atoms with van der Waals surface area (Å²) in [5.74, 6) is -1.22. The van der Waals surface area contributed by atoms with Gasteiger partial charge in [0.05, 0.1) is 18.6 Å². The number of nitrogens with two attached hydrogens (primary N) is 1. The summed E-state index contributed by atoms with van der Waals surface area (Å²) in [6.45, 7) is 0.909. The van der Waals surface area contributed by atoms with Crippen LogP contribution >= 0.6 is 0 Å². The van der Waals surface area contributed by atoms with Gasteiger partial charge in [0, 0.05) is 12.5 Å². The second-order valence-electron chi connectivity index (χ2n) is 6.33. The average Bonchev–Trinajstić information content (AvgIpc) is 2.52. The third kappa shape index (κ3) is 7.07. The van der Waals surface area contributed by atoms with Crippen molar-refractivity contribution >= 4 is 5.91 Å². The monoisotopic (exact) mass is 317 g/mol. The molecule has 0 heterocycles. The Hall–Kier alpha value is -0.650. The molecule has 0 aromatic rings. The Morgan fingerprint density at radius 1 is 0.909 bits per heavy atom. The summed E-state index contributed by atoms with van der Waals surface area (Å²) in [5, 5.41) is 28.3. The molecular weight excluding hydrogens is 282 g/mol. The van der Waals surface area contributed by atoms with E-state index < -0.39 is 30.5 Å². The van der Waals surface area contributed by atoms with Crippen molar-refractivity contribution in [2.45, 2.75) is 71.1 Å². The summed E-state index contributed by atoms with van der Waals surface area (Å²) in [4.78, 5) is 11.5. The van der Waals surface area contributed by atoms with Crippen LogP contribution in [-0.2, 0) is 4.79 Å². The number of rotatable bonds is 15. The fourth-order valence-electron chi connectivity index (χ4n) is 2.91. The molecule has 22 heavy (non-hydrogen) atoms. The van der Waals surface area contributed by atoms with Crippen LogP contribution in [0.5, 0.6) is 0 Å². The normalized spacial score (nSPS) is 13.3. The molecule has 0 radical (unpaired) electrons. The van der Waals surface area contributed by atoms with E-state index in [0.29, 0.717) is 6.42 Å². The number of carbonyl (C=O) groups is 1. The van der Waals surface area contributed by atoms with E-state index in [2.05, 4.69) is 6.92 Å². The van der Waals surface area contributed by atoms with E-state index >= 15 is 0 Å². The lowest BCUT2D eigenvalue weighted by Crippen LogP contribution is -2.50. The van der Waals surface area contributed by atoms with E-state index in [1.54, 1.807) is 0 Å². The van der Waals surface area contributed by atoms with Gasteiger partial charge in [-0.2, -0.15) is 0 Å². The molecule has 5 heteroatoms. The number of carbonyl (C=O) groups excluding carboxylic acids is 1. The molecule has 0 saturated carbocycles. The Kier molecular flexibility index (Phi) is 12.5. The summed E-state index contributed by atoms with van der Waals surface area (Å²) >= 11 is 0. The van der Waals surface area contributed by atoms with Gasteiger partial charge in [-0.15, -0.1) is 0 Å². The predicted molar refractivity (Wildman–Crippen MR) is 88.2 cm³/mol. The van der Waals surface area contributed by atoms with Crippen molar-refractivity contribution in [1.82, 2.24) is 0 Å². The van der Waals surface area contributed by atoms with Crippen LogP contribution in [0, 0.1) is 11.3 Å². The topological polar surface area (TPSA) is 104 Å². The van der Waals surface area contributed by atoms with Crippen molar-refractivity contribution in [3.8, 4) is 0 Å².